The van der Waals surface area contributed by atoms with Gasteiger partial charge < -0.3 is 19.5 Å². The summed E-state index contributed by atoms with van der Waals surface area (Å²) in [5.74, 6) is -1.25. The van der Waals surface area contributed by atoms with Gasteiger partial charge in [0.15, 0.2) is 13.2 Å². The second-order valence-electron chi connectivity index (χ2n) is 5.49. The highest BCUT2D eigenvalue weighted by Crippen LogP contribution is 2.25. The van der Waals surface area contributed by atoms with Gasteiger partial charge in [-0.1, -0.05) is 17.7 Å². The zero-order chi connectivity index (χ0) is 21.4. The quantitative estimate of drug-likeness (QED) is 0.637. The Morgan fingerprint density at radius 2 is 1.97 bits per heavy atom. The van der Waals surface area contributed by atoms with Crippen LogP contribution < -0.4 is 14.8 Å². The van der Waals surface area contributed by atoms with E-state index >= 15 is 0 Å². The van der Waals surface area contributed by atoms with Crippen molar-refractivity contribution < 1.29 is 37.0 Å². The van der Waals surface area contributed by atoms with Crippen LogP contribution in [-0.4, -0.2) is 42.9 Å². The molecule has 0 fully saturated rings. The number of nitrogens with zero attached hydrogens (tertiary/aromatic N) is 1. The Morgan fingerprint density at radius 1 is 1.21 bits per heavy atom. The van der Waals surface area contributed by atoms with Crippen molar-refractivity contribution in [2.45, 2.75) is 13.1 Å². The molecule has 29 heavy (non-hydrogen) atoms. The van der Waals surface area contributed by atoms with Gasteiger partial charge in [-0.05, 0) is 25.1 Å². The van der Waals surface area contributed by atoms with Crippen LogP contribution in [0.25, 0.3) is 0 Å². The van der Waals surface area contributed by atoms with Crippen molar-refractivity contribution in [3.8, 4) is 11.6 Å². The molecule has 7 nitrogen and oxygen atoms in total. The van der Waals surface area contributed by atoms with Crippen LogP contribution in [0.3, 0.4) is 0 Å². The van der Waals surface area contributed by atoms with Crippen LogP contribution in [0.2, 0.25) is 5.02 Å². The van der Waals surface area contributed by atoms with Crippen LogP contribution in [0.1, 0.15) is 17.3 Å². The van der Waals surface area contributed by atoms with Gasteiger partial charge in [0.2, 0.25) is 5.88 Å². The van der Waals surface area contributed by atoms with Crippen molar-refractivity contribution in [3.63, 3.8) is 0 Å². The molecule has 2 aromatic rings. The first-order chi connectivity index (χ1) is 13.7. The highest BCUT2D eigenvalue weighted by Gasteiger charge is 2.29. The SMILES string of the molecule is CCOC(=O)COc1cccc(NC(=O)c2cnc(OCC(F)(F)F)c(Cl)c2)c1. The topological polar surface area (TPSA) is 86.8 Å². The Hall–Kier alpha value is -3.01. The molecule has 0 spiro atoms. The molecule has 0 aliphatic carbocycles. The van der Waals surface area contributed by atoms with Crippen molar-refractivity contribution in [1.29, 1.82) is 0 Å². The summed E-state index contributed by atoms with van der Waals surface area (Å²) in [6.07, 6.45) is -3.50. The highest BCUT2D eigenvalue weighted by molar-refractivity contribution is 6.32. The van der Waals surface area contributed by atoms with Gasteiger partial charge in [0.1, 0.15) is 10.8 Å². The monoisotopic (exact) mass is 432 g/mol. The molecule has 1 aromatic carbocycles. The third-order valence-corrected chi connectivity index (χ3v) is 3.47. The summed E-state index contributed by atoms with van der Waals surface area (Å²) in [6.45, 7) is 0.0626. The fourth-order valence-electron chi connectivity index (χ4n) is 2.02. The molecule has 0 radical (unpaired) electrons. The van der Waals surface area contributed by atoms with E-state index in [1.807, 2.05) is 0 Å². The number of carbonyl (C=O) groups is 2. The molecule has 0 atom stereocenters. The van der Waals surface area contributed by atoms with E-state index in [0.717, 1.165) is 12.3 Å². The van der Waals surface area contributed by atoms with Gasteiger partial charge in [0, 0.05) is 18.0 Å². The van der Waals surface area contributed by atoms with E-state index in [1.54, 1.807) is 25.1 Å². The summed E-state index contributed by atoms with van der Waals surface area (Å²) in [4.78, 5) is 27.3. The number of hydrogen-bond donors (Lipinski definition) is 1. The van der Waals surface area contributed by atoms with Crippen LogP contribution >= 0.6 is 11.6 Å². The van der Waals surface area contributed by atoms with Gasteiger partial charge in [0.05, 0.1) is 12.2 Å². The second kappa shape index (κ2) is 9.97. The third kappa shape index (κ3) is 7.49. The maximum Gasteiger partial charge on any atom is 0.422 e. The van der Waals surface area contributed by atoms with Crippen LogP contribution in [-0.2, 0) is 9.53 Å². The van der Waals surface area contributed by atoms with Crippen LogP contribution in [0.15, 0.2) is 36.5 Å². The maximum absolute atomic E-state index is 12.3. The number of hydrogen-bond acceptors (Lipinski definition) is 6. The first-order valence-electron chi connectivity index (χ1n) is 8.23. The number of anilines is 1. The summed E-state index contributed by atoms with van der Waals surface area (Å²) in [5.41, 5.74) is 0.358. The second-order valence-corrected chi connectivity index (χ2v) is 5.90. The normalized spacial score (nSPS) is 10.9. The molecular formula is C18H16ClF3N2O5. The number of amides is 1. The molecule has 0 saturated carbocycles. The van der Waals surface area contributed by atoms with E-state index in [4.69, 9.17) is 21.1 Å². The molecule has 2 rings (SSSR count). The molecule has 1 N–H and O–H groups in total. The fourth-order valence-corrected chi connectivity index (χ4v) is 2.24. The number of halogens is 4. The first-order valence-corrected chi connectivity index (χ1v) is 8.60. The molecule has 1 amide bonds. The summed E-state index contributed by atoms with van der Waals surface area (Å²) >= 11 is 5.83. The summed E-state index contributed by atoms with van der Waals surface area (Å²) in [7, 11) is 0. The lowest BCUT2D eigenvalue weighted by molar-refractivity contribution is -0.154. The molecule has 1 heterocycles. The van der Waals surface area contributed by atoms with Gasteiger partial charge in [-0.2, -0.15) is 13.2 Å². The number of aromatic nitrogens is 1. The molecule has 0 aliphatic rings. The molecule has 1 aromatic heterocycles. The number of rotatable bonds is 8. The number of ether oxygens (including phenoxy) is 3. The molecule has 156 valence electrons. The number of carbonyl (C=O) groups excluding carboxylic acids is 2. The van der Waals surface area contributed by atoms with Crippen molar-refractivity contribution in [2.24, 2.45) is 0 Å². The lowest BCUT2D eigenvalue weighted by Gasteiger charge is -2.11. The van der Waals surface area contributed by atoms with Crippen molar-refractivity contribution in [2.75, 3.05) is 25.1 Å². The van der Waals surface area contributed by atoms with E-state index in [2.05, 4.69) is 15.0 Å². The molecule has 0 unspecified atom stereocenters. The van der Waals surface area contributed by atoms with Crippen molar-refractivity contribution in [1.82, 2.24) is 4.98 Å². The Kier molecular flexibility index (Phi) is 7.66. The van der Waals surface area contributed by atoms with E-state index in [9.17, 15) is 22.8 Å². The van der Waals surface area contributed by atoms with E-state index < -0.39 is 30.5 Å². The molecule has 0 bridgehead atoms. The number of esters is 1. The zero-order valence-corrected chi connectivity index (χ0v) is 15.8. The van der Waals surface area contributed by atoms with E-state index in [0.29, 0.717) is 11.4 Å². The van der Waals surface area contributed by atoms with E-state index in [-0.39, 0.29) is 23.8 Å². The van der Waals surface area contributed by atoms with E-state index in [1.165, 1.54) is 6.07 Å². The van der Waals surface area contributed by atoms with Crippen molar-refractivity contribution in [3.05, 3.63) is 47.1 Å². The predicted molar refractivity (Wildman–Crippen MR) is 97.3 cm³/mol. The van der Waals surface area contributed by atoms with Gasteiger partial charge in [-0.3, -0.25) is 4.79 Å². The largest absolute Gasteiger partial charge is 0.482 e. The fraction of sp³-hybridized carbons (Fsp3) is 0.278. The predicted octanol–water partition coefficient (Wildman–Crippen LogP) is 3.87. The molecular weight excluding hydrogens is 417 g/mol. The lowest BCUT2D eigenvalue weighted by Crippen LogP contribution is -2.20. The maximum atomic E-state index is 12.3. The van der Waals surface area contributed by atoms with Gasteiger partial charge in [-0.15, -0.1) is 0 Å². The zero-order valence-electron chi connectivity index (χ0n) is 15.1. The lowest BCUT2D eigenvalue weighted by atomic mass is 10.2. The standard InChI is InChI=1S/C18H16ClF3N2O5/c1-2-27-15(25)9-28-13-5-3-4-12(7-13)24-16(26)11-6-14(19)17(23-8-11)29-10-18(20,21)22/h3-8H,2,9-10H2,1H3,(H,24,26). The van der Waals surface area contributed by atoms with Gasteiger partial charge >= 0.3 is 12.1 Å². The third-order valence-electron chi connectivity index (χ3n) is 3.20. The highest BCUT2D eigenvalue weighted by atomic mass is 35.5. The summed E-state index contributed by atoms with van der Waals surface area (Å²) in [5, 5.41) is 2.32. The van der Waals surface area contributed by atoms with Crippen LogP contribution in [0, 0.1) is 0 Å². The number of alkyl halides is 3. The number of pyridine rings is 1. The van der Waals surface area contributed by atoms with Crippen LogP contribution in [0.4, 0.5) is 18.9 Å². The summed E-state index contributed by atoms with van der Waals surface area (Å²) < 4.78 is 51.1. The summed E-state index contributed by atoms with van der Waals surface area (Å²) in [6, 6.07) is 7.37. The Labute approximate surface area is 168 Å². The van der Waals surface area contributed by atoms with Crippen molar-refractivity contribution >= 4 is 29.2 Å². The van der Waals surface area contributed by atoms with Gasteiger partial charge in [-0.25, -0.2) is 9.78 Å². The Bertz CT molecular complexity index is 877. The average Bonchev–Trinajstić information content (AvgIpc) is 2.65. The minimum atomic E-state index is -4.54. The minimum Gasteiger partial charge on any atom is -0.482 e. The average molecular weight is 433 g/mol. The number of benzene rings is 1. The van der Waals surface area contributed by atoms with Crippen LogP contribution in [0.5, 0.6) is 11.6 Å². The van der Waals surface area contributed by atoms with Gasteiger partial charge in [0.25, 0.3) is 5.91 Å². The smallest absolute Gasteiger partial charge is 0.422 e. The Morgan fingerprint density at radius 3 is 2.62 bits per heavy atom. The Balaban J connectivity index is 2.00. The molecule has 11 heteroatoms. The first kappa shape index (κ1) is 22.3. The molecule has 0 saturated heterocycles. The number of nitrogens with one attached hydrogen (secondary N) is 1. The molecule has 0 aliphatic heterocycles. The minimum absolute atomic E-state index is 0.00667.